The predicted octanol–water partition coefficient (Wildman–Crippen LogP) is 3.20. The second-order valence-corrected chi connectivity index (χ2v) is 6.11. The zero-order chi connectivity index (χ0) is 18.0. The van der Waals surface area contributed by atoms with Gasteiger partial charge >= 0.3 is 6.09 Å². The fourth-order valence-corrected chi connectivity index (χ4v) is 2.67. The minimum Gasteiger partial charge on any atom is -0.442 e. The van der Waals surface area contributed by atoms with Gasteiger partial charge in [0.15, 0.2) is 0 Å². The molecule has 0 bridgehead atoms. The van der Waals surface area contributed by atoms with Gasteiger partial charge in [0.05, 0.1) is 18.8 Å². The summed E-state index contributed by atoms with van der Waals surface area (Å²) in [5.74, 6) is -0.639. The van der Waals surface area contributed by atoms with Gasteiger partial charge in [-0.15, -0.1) is 0 Å². The molecule has 3 rings (SSSR count). The van der Waals surface area contributed by atoms with E-state index in [-0.39, 0.29) is 19.0 Å². The highest BCUT2D eigenvalue weighted by Gasteiger charge is 2.32. The van der Waals surface area contributed by atoms with Crippen LogP contribution in [0.4, 0.5) is 14.9 Å². The van der Waals surface area contributed by atoms with Crippen LogP contribution in [0.2, 0.25) is 0 Å². The van der Waals surface area contributed by atoms with E-state index in [2.05, 4.69) is 5.32 Å². The van der Waals surface area contributed by atoms with Crippen LogP contribution in [-0.2, 0) is 4.74 Å². The largest absolute Gasteiger partial charge is 0.442 e. The van der Waals surface area contributed by atoms with Gasteiger partial charge in [-0.3, -0.25) is 9.69 Å². The number of hydrogen-bond donors (Lipinski definition) is 1. The first-order valence-corrected chi connectivity index (χ1v) is 8.03. The minimum atomic E-state index is -0.545. The number of amides is 2. The Hall–Kier alpha value is -2.89. The Balaban J connectivity index is 1.60. The van der Waals surface area contributed by atoms with Crippen LogP contribution < -0.4 is 10.2 Å². The van der Waals surface area contributed by atoms with E-state index in [0.717, 1.165) is 11.1 Å². The second kappa shape index (κ2) is 6.93. The summed E-state index contributed by atoms with van der Waals surface area (Å²) in [6, 6.07) is 11.2. The highest BCUT2D eigenvalue weighted by molar-refractivity contribution is 5.94. The molecule has 2 aromatic carbocycles. The molecule has 130 valence electrons. The second-order valence-electron chi connectivity index (χ2n) is 6.11. The van der Waals surface area contributed by atoms with Crippen LogP contribution in [0.15, 0.2) is 42.5 Å². The first-order valence-electron chi connectivity index (χ1n) is 8.03. The molecule has 1 unspecified atom stereocenters. The fourth-order valence-electron chi connectivity index (χ4n) is 2.67. The number of benzene rings is 2. The molecule has 0 spiro atoms. The first-order chi connectivity index (χ1) is 11.9. The molecular formula is C19H19FN2O3. The quantitative estimate of drug-likeness (QED) is 0.928. The standard InChI is InChI=1S/C19H19FN2O3/c1-12-6-7-14(8-13(12)2)18(23)21-10-17-11-22(19(24)25-17)16-5-3-4-15(20)9-16/h3-9,17H,10-11H2,1-2H3,(H,21,23). The van der Waals surface area contributed by atoms with E-state index >= 15 is 0 Å². The number of nitrogens with zero attached hydrogens (tertiary/aromatic N) is 1. The zero-order valence-corrected chi connectivity index (χ0v) is 14.1. The lowest BCUT2D eigenvalue weighted by atomic mass is 10.1. The summed E-state index contributed by atoms with van der Waals surface area (Å²) in [4.78, 5) is 25.5. The molecule has 1 atom stereocenters. The lowest BCUT2D eigenvalue weighted by Crippen LogP contribution is -2.34. The van der Waals surface area contributed by atoms with E-state index in [1.807, 2.05) is 26.0 Å². The summed E-state index contributed by atoms with van der Waals surface area (Å²) in [6.07, 6.45) is -1.03. The van der Waals surface area contributed by atoms with Crippen molar-refractivity contribution < 1.29 is 18.7 Å². The smallest absolute Gasteiger partial charge is 0.414 e. The monoisotopic (exact) mass is 342 g/mol. The average molecular weight is 342 g/mol. The van der Waals surface area contributed by atoms with Crippen molar-refractivity contribution in [2.45, 2.75) is 20.0 Å². The first kappa shape index (κ1) is 17.0. The summed E-state index contributed by atoms with van der Waals surface area (Å²) < 4.78 is 18.6. The van der Waals surface area contributed by atoms with Crippen molar-refractivity contribution in [1.29, 1.82) is 0 Å². The highest BCUT2D eigenvalue weighted by Crippen LogP contribution is 2.22. The number of nitrogens with one attached hydrogen (secondary N) is 1. The Labute approximate surface area is 145 Å². The number of ether oxygens (including phenoxy) is 1. The zero-order valence-electron chi connectivity index (χ0n) is 14.1. The van der Waals surface area contributed by atoms with E-state index in [4.69, 9.17) is 4.74 Å². The van der Waals surface area contributed by atoms with Crippen molar-refractivity contribution in [2.24, 2.45) is 0 Å². The van der Waals surface area contributed by atoms with Crippen molar-refractivity contribution in [2.75, 3.05) is 18.0 Å². The SMILES string of the molecule is Cc1ccc(C(=O)NCC2CN(c3cccc(F)c3)C(=O)O2)cc1C. The van der Waals surface area contributed by atoms with Crippen LogP contribution in [0.25, 0.3) is 0 Å². The van der Waals surface area contributed by atoms with Crippen LogP contribution >= 0.6 is 0 Å². The van der Waals surface area contributed by atoms with Gasteiger partial charge in [-0.2, -0.15) is 0 Å². The molecule has 0 radical (unpaired) electrons. The molecule has 1 heterocycles. The van der Waals surface area contributed by atoms with Gasteiger partial charge in [-0.1, -0.05) is 12.1 Å². The number of halogens is 1. The summed E-state index contributed by atoms with van der Waals surface area (Å²) in [5, 5.41) is 2.77. The molecule has 1 aliphatic heterocycles. The normalized spacial score (nSPS) is 16.7. The van der Waals surface area contributed by atoms with Gasteiger partial charge in [-0.25, -0.2) is 9.18 Å². The fraction of sp³-hybridized carbons (Fsp3) is 0.263. The summed E-state index contributed by atoms with van der Waals surface area (Å²) in [7, 11) is 0. The van der Waals surface area contributed by atoms with Gasteiger partial charge in [0.1, 0.15) is 11.9 Å². The molecule has 1 saturated heterocycles. The molecule has 1 fully saturated rings. The summed E-state index contributed by atoms with van der Waals surface area (Å²) >= 11 is 0. The lowest BCUT2D eigenvalue weighted by Gasteiger charge is -2.13. The maximum absolute atomic E-state index is 13.3. The number of anilines is 1. The molecule has 0 aliphatic carbocycles. The molecule has 0 saturated carbocycles. The number of carbonyl (C=O) groups excluding carboxylic acids is 2. The molecule has 0 aromatic heterocycles. The molecule has 2 amide bonds. The minimum absolute atomic E-state index is 0.198. The van der Waals surface area contributed by atoms with Crippen molar-refractivity contribution in [3.8, 4) is 0 Å². The van der Waals surface area contributed by atoms with Gasteiger partial charge in [-0.05, 0) is 55.3 Å². The Morgan fingerprint density at radius 1 is 1.24 bits per heavy atom. The van der Waals surface area contributed by atoms with E-state index in [1.165, 1.54) is 23.1 Å². The molecular weight excluding hydrogens is 323 g/mol. The molecule has 1 N–H and O–H groups in total. The molecule has 6 heteroatoms. The maximum atomic E-state index is 13.3. The highest BCUT2D eigenvalue weighted by atomic mass is 19.1. The summed E-state index contributed by atoms with van der Waals surface area (Å²) in [6.45, 7) is 4.39. The van der Waals surface area contributed by atoms with Crippen molar-refractivity contribution >= 4 is 17.7 Å². The third-order valence-corrected chi connectivity index (χ3v) is 4.25. The maximum Gasteiger partial charge on any atom is 0.414 e. The lowest BCUT2D eigenvalue weighted by molar-refractivity contribution is 0.0916. The third kappa shape index (κ3) is 3.79. The van der Waals surface area contributed by atoms with Gasteiger partial charge < -0.3 is 10.1 Å². The number of rotatable bonds is 4. The Morgan fingerprint density at radius 3 is 2.76 bits per heavy atom. The van der Waals surface area contributed by atoms with Crippen LogP contribution in [0.5, 0.6) is 0 Å². The Bertz CT molecular complexity index is 822. The van der Waals surface area contributed by atoms with Gasteiger partial charge in [0.25, 0.3) is 5.91 Å². The van der Waals surface area contributed by atoms with Crippen LogP contribution in [0, 0.1) is 19.7 Å². The molecule has 2 aromatic rings. The predicted molar refractivity (Wildman–Crippen MR) is 92.3 cm³/mol. The van der Waals surface area contributed by atoms with Gasteiger partial charge in [0.2, 0.25) is 0 Å². The van der Waals surface area contributed by atoms with Crippen molar-refractivity contribution in [1.82, 2.24) is 5.32 Å². The van der Waals surface area contributed by atoms with E-state index in [1.54, 1.807) is 12.1 Å². The number of carbonyl (C=O) groups is 2. The number of cyclic esters (lactones) is 1. The molecule has 25 heavy (non-hydrogen) atoms. The van der Waals surface area contributed by atoms with Crippen LogP contribution in [0.3, 0.4) is 0 Å². The molecule has 1 aliphatic rings. The van der Waals surface area contributed by atoms with E-state index < -0.39 is 18.0 Å². The van der Waals surface area contributed by atoms with E-state index in [0.29, 0.717) is 11.3 Å². The topological polar surface area (TPSA) is 58.6 Å². The third-order valence-electron chi connectivity index (χ3n) is 4.25. The van der Waals surface area contributed by atoms with Crippen molar-refractivity contribution in [3.63, 3.8) is 0 Å². The van der Waals surface area contributed by atoms with Gasteiger partial charge in [0, 0.05) is 5.56 Å². The van der Waals surface area contributed by atoms with Crippen LogP contribution in [0.1, 0.15) is 21.5 Å². The average Bonchev–Trinajstić information content (AvgIpc) is 2.96. The van der Waals surface area contributed by atoms with Crippen LogP contribution in [-0.4, -0.2) is 31.2 Å². The van der Waals surface area contributed by atoms with E-state index in [9.17, 15) is 14.0 Å². The molecule has 5 nitrogen and oxygen atoms in total. The van der Waals surface area contributed by atoms with Crippen molar-refractivity contribution in [3.05, 3.63) is 65.0 Å². The summed E-state index contributed by atoms with van der Waals surface area (Å²) in [5.41, 5.74) is 3.16. The number of hydrogen-bond acceptors (Lipinski definition) is 3. The Kier molecular flexibility index (Phi) is 4.70. The Morgan fingerprint density at radius 2 is 2.04 bits per heavy atom. The number of aryl methyl sites for hydroxylation is 2.